The summed E-state index contributed by atoms with van der Waals surface area (Å²) in [7, 11) is 0. The van der Waals surface area contributed by atoms with Crippen LogP contribution >= 0.6 is 15.9 Å². The van der Waals surface area contributed by atoms with Crippen molar-refractivity contribution in [1.82, 2.24) is 5.32 Å². The summed E-state index contributed by atoms with van der Waals surface area (Å²) in [5, 5.41) is 12.1. The van der Waals surface area contributed by atoms with Crippen LogP contribution in [0, 0.1) is 6.92 Å². The van der Waals surface area contributed by atoms with E-state index in [1.54, 1.807) is 24.3 Å². The first-order valence-corrected chi connectivity index (χ1v) is 8.56. The summed E-state index contributed by atoms with van der Waals surface area (Å²) in [6, 6.07) is 14.9. The van der Waals surface area contributed by atoms with Gasteiger partial charge >= 0.3 is 5.97 Å². The first-order chi connectivity index (χ1) is 11.5. The van der Waals surface area contributed by atoms with Crippen molar-refractivity contribution in [3.63, 3.8) is 0 Å². The van der Waals surface area contributed by atoms with Crippen molar-refractivity contribution in [2.24, 2.45) is 0 Å². The molecule has 1 unspecified atom stereocenters. The number of carboxylic acid groups (broad SMARTS) is 1. The van der Waals surface area contributed by atoms with E-state index in [1.165, 1.54) is 0 Å². The van der Waals surface area contributed by atoms with Crippen LogP contribution in [0.25, 0.3) is 0 Å². The largest absolute Gasteiger partial charge is 0.481 e. The minimum absolute atomic E-state index is 0.0948. The molecule has 5 heteroatoms. The number of carbonyl (C=O) groups excluding carboxylic acids is 1. The van der Waals surface area contributed by atoms with Gasteiger partial charge in [0.05, 0.1) is 5.92 Å². The van der Waals surface area contributed by atoms with Crippen molar-refractivity contribution >= 4 is 27.8 Å². The Hall–Kier alpha value is -2.14. The van der Waals surface area contributed by atoms with Gasteiger partial charge in [0, 0.05) is 17.4 Å². The number of rotatable bonds is 7. The Balaban J connectivity index is 1.87. The number of carboxylic acids is 1. The molecule has 0 fully saturated rings. The van der Waals surface area contributed by atoms with Gasteiger partial charge in [-0.15, -0.1) is 0 Å². The number of aliphatic carboxylic acids is 1. The molecule has 0 heterocycles. The molecule has 0 saturated carbocycles. The molecule has 2 aromatic carbocycles. The van der Waals surface area contributed by atoms with Crippen LogP contribution in [0.4, 0.5) is 0 Å². The van der Waals surface area contributed by atoms with Crippen LogP contribution in [0.3, 0.4) is 0 Å². The molecular weight excluding hydrogens is 370 g/mol. The molecule has 0 aliphatic heterocycles. The molecule has 0 spiro atoms. The Morgan fingerprint density at radius 2 is 1.88 bits per heavy atom. The van der Waals surface area contributed by atoms with Gasteiger partial charge in [0.2, 0.25) is 5.91 Å². The van der Waals surface area contributed by atoms with Crippen LogP contribution in [-0.4, -0.2) is 23.5 Å². The van der Waals surface area contributed by atoms with Gasteiger partial charge in [-0.3, -0.25) is 9.59 Å². The fourth-order valence-electron chi connectivity index (χ4n) is 2.46. The highest BCUT2D eigenvalue weighted by molar-refractivity contribution is 9.10. The maximum atomic E-state index is 12.0. The number of carbonyl (C=O) groups is 2. The second-order valence-electron chi connectivity index (χ2n) is 5.69. The van der Waals surface area contributed by atoms with Crippen molar-refractivity contribution in [2.75, 3.05) is 6.54 Å². The van der Waals surface area contributed by atoms with E-state index in [9.17, 15) is 14.7 Å². The lowest BCUT2D eigenvalue weighted by molar-refractivity contribution is -0.138. The van der Waals surface area contributed by atoms with Gasteiger partial charge in [0.1, 0.15) is 0 Å². The summed E-state index contributed by atoms with van der Waals surface area (Å²) in [5.74, 6) is -1.81. The van der Waals surface area contributed by atoms with Crippen molar-refractivity contribution in [3.05, 3.63) is 69.7 Å². The molecule has 126 valence electrons. The zero-order valence-electron chi connectivity index (χ0n) is 13.5. The number of nitrogens with one attached hydrogen (secondary N) is 1. The van der Waals surface area contributed by atoms with E-state index in [4.69, 9.17) is 0 Å². The van der Waals surface area contributed by atoms with Gasteiger partial charge in [-0.05, 0) is 36.1 Å². The topological polar surface area (TPSA) is 66.4 Å². The number of amides is 1. The SMILES string of the molecule is Cc1cc(CCC(=O)NCC(C(=O)O)c2ccccc2)ccc1Br. The molecule has 1 atom stereocenters. The molecule has 0 aliphatic rings. The van der Waals surface area contributed by atoms with Gasteiger partial charge in [0.25, 0.3) is 0 Å². The Bertz CT molecular complexity index is 716. The van der Waals surface area contributed by atoms with E-state index in [0.29, 0.717) is 18.4 Å². The van der Waals surface area contributed by atoms with Crippen LogP contribution in [0.2, 0.25) is 0 Å². The first kappa shape index (κ1) is 18.2. The van der Waals surface area contributed by atoms with E-state index < -0.39 is 11.9 Å². The number of hydrogen-bond acceptors (Lipinski definition) is 2. The maximum Gasteiger partial charge on any atom is 0.312 e. The third-order valence-electron chi connectivity index (χ3n) is 3.87. The van der Waals surface area contributed by atoms with Crippen molar-refractivity contribution < 1.29 is 14.7 Å². The lowest BCUT2D eigenvalue weighted by Gasteiger charge is -2.14. The van der Waals surface area contributed by atoms with Crippen LogP contribution in [0.1, 0.15) is 29.0 Å². The standard InChI is InChI=1S/C19H20BrNO3/c1-13-11-14(7-9-17(13)20)8-10-18(22)21-12-16(19(23)24)15-5-3-2-4-6-15/h2-7,9,11,16H,8,10,12H2,1H3,(H,21,22)(H,23,24). The normalized spacial score (nSPS) is 11.8. The van der Waals surface area contributed by atoms with E-state index in [1.807, 2.05) is 31.2 Å². The Kier molecular flexibility index (Phi) is 6.55. The molecule has 4 nitrogen and oxygen atoms in total. The van der Waals surface area contributed by atoms with E-state index in [0.717, 1.165) is 15.6 Å². The van der Waals surface area contributed by atoms with Gasteiger partial charge in [-0.2, -0.15) is 0 Å². The number of hydrogen-bond donors (Lipinski definition) is 2. The number of halogens is 1. The molecule has 0 saturated heterocycles. The molecule has 0 aliphatic carbocycles. The number of aryl methyl sites for hydroxylation is 2. The Morgan fingerprint density at radius 3 is 2.50 bits per heavy atom. The highest BCUT2D eigenvalue weighted by Gasteiger charge is 2.20. The summed E-state index contributed by atoms with van der Waals surface area (Å²) >= 11 is 3.45. The molecule has 24 heavy (non-hydrogen) atoms. The smallest absolute Gasteiger partial charge is 0.312 e. The molecule has 2 aromatic rings. The monoisotopic (exact) mass is 389 g/mol. The zero-order chi connectivity index (χ0) is 17.5. The summed E-state index contributed by atoms with van der Waals surface area (Å²) in [6.07, 6.45) is 0.964. The molecule has 2 N–H and O–H groups in total. The second-order valence-corrected chi connectivity index (χ2v) is 6.54. The predicted octanol–water partition coefficient (Wildman–Crippen LogP) is 3.67. The summed E-state index contributed by atoms with van der Waals surface area (Å²) < 4.78 is 1.04. The quantitative estimate of drug-likeness (QED) is 0.758. The third kappa shape index (κ3) is 5.20. The van der Waals surface area contributed by atoms with Gasteiger partial charge in [0.15, 0.2) is 0 Å². The average molecular weight is 390 g/mol. The third-order valence-corrected chi connectivity index (χ3v) is 4.76. The van der Waals surface area contributed by atoms with Crippen molar-refractivity contribution in [2.45, 2.75) is 25.7 Å². The highest BCUT2D eigenvalue weighted by Crippen LogP contribution is 2.18. The van der Waals surface area contributed by atoms with E-state index >= 15 is 0 Å². The molecule has 0 bridgehead atoms. The molecule has 2 rings (SSSR count). The highest BCUT2D eigenvalue weighted by atomic mass is 79.9. The Labute approximate surface area is 150 Å². The predicted molar refractivity (Wildman–Crippen MR) is 97.0 cm³/mol. The van der Waals surface area contributed by atoms with Gasteiger partial charge in [-0.25, -0.2) is 0 Å². The van der Waals surface area contributed by atoms with Crippen molar-refractivity contribution in [3.8, 4) is 0 Å². The Morgan fingerprint density at radius 1 is 1.17 bits per heavy atom. The zero-order valence-corrected chi connectivity index (χ0v) is 15.0. The fourth-order valence-corrected chi connectivity index (χ4v) is 2.70. The fraction of sp³-hybridized carbons (Fsp3) is 0.263. The van der Waals surface area contributed by atoms with E-state index in [2.05, 4.69) is 21.2 Å². The van der Waals surface area contributed by atoms with Gasteiger partial charge < -0.3 is 10.4 Å². The maximum absolute atomic E-state index is 12.0. The summed E-state index contributed by atoms with van der Waals surface area (Å²) in [5.41, 5.74) is 2.90. The average Bonchev–Trinajstić information content (AvgIpc) is 2.57. The van der Waals surface area contributed by atoms with Gasteiger partial charge in [-0.1, -0.05) is 58.4 Å². The molecular formula is C19H20BrNO3. The van der Waals surface area contributed by atoms with E-state index in [-0.39, 0.29) is 12.5 Å². The lowest BCUT2D eigenvalue weighted by Crippen LogP contribution is -2.31. The van der Waals surface area contributed by atoms with Crippen LogP contribution in [0.15, 0.2) is 53.0 Å². The second kappa shape index (κ2) is 8.64. The van der Waals surface area contributed by atoms with Crippen LogP contribution in [0.5, 0.6) is 0 Å². The van der Waals surface area contributed by atoms with Crippen LogP contribution in [-0.2, 0) is 16.0 Å². The number of benzene rings is 2. The summed E-state index contributed by atoms with van der Waals surface area (Å²) in [6.45, 7) is 2.10. The minimum Gasteiger partial charge on any atom is -0.481 e. The molecule has 0 radical (unpaired) electrons. The summed E-state index contributed by atoms with van der Waals surface area (Å²) in [4.78, 5) is 23.4. The lowest BCUT2D eigenvalue weighted by atomic mass is 9.99. The first-order valence-electron chi connectivity index (χ1n) is 7.77. The molecule has 0 aromatic heterocycles. The minimum atomic E-state index is -0.940. The molecule has 1 amide bonds. The van der Waals surface area contributed by atoms with Crippen LogP contribution < -0.4 is 5.32 Å². The van der Waals surface area contributed by atoms with Crippen molar-refractivity contribution in [1.29, 1.82) is 0 Å².